The van der Waals surface area contributed by atoms with Crippen molar-refractivity contribution >= 4 is 16.1 Å². The van der Waals surface area contributed by atoms with Crippen LogP contribution in [-0.2, 0) is 15.0 Å². The van der Waals surface area contributed by atoms with Crippen LogP contribution >= 0.6 is 0 Å². The third kappa shape index (κ3) is 3.81. The van der Waals surface area contributed by atoms with Crippen LogP contribution in [0.3, 0.4) is 0 Å². The third-order valence-corrected chi connectivity index (χ3v) is 6.74. The molecule has 0 aliphatic carbocycles. The summed E-state index contributed by atoms with van der Waals surface area (Å²) in [7, 11) is -0.263. The SMILES string of the molecule is CN(C)S(=O)(=O)N1CCC(C(=O)N2CCCC(C)(C)C2)CC1. The Balaban J connectivity index is 1.93. The Morgan fingerprint density at radius 1 is 1.14 bits per heavy atom. The van der Waals surface area contributed by atoms with Crippen LogP contribution in [0.15, 0.2) is 0 Å². The van der Waals surface area contributed by atoms with E-state index in [1.165, 1.54) is 8.61 Å². The smallest absolute Gasteiger partial charge is 0.281 e. The molecule has 0 bridgehead atoms. The quantitative estimate of drug-likeness (QED) is 0.779. The van der Waals surface area contributed by atoms with Crippen LogP contribution in [0.4, 0.5) is 0 Å². The molecule has 128 valence electrons. The molecule has 0 radical (unpaired) electrons. The van der Waals surface area contributed by atoms with Gasteiger partial charge in [-0.05, 0) is 31.1 Å². The summed E-state index contributed by atoms with van der Waals surface area (Å²) in [4.78, 5) is 14.7. The fourth-order valence-corrected chi connectivity index (χ4v) is 4.57. The first-order valence-corrected chi connectivity index (χ1v) is 9.49. The van der Waals surface area contributed by atoms with Crippen molar-refractivity contribution in [2.24, 2.45) is 11.3 Å². The van der Waals surface area contributed by atoms with Crippen molar-refractivity contribution in [1.29, 1.82) is 0 Å². The molecule has 2 aliphatic rings. The minimum absolute atomic E-state index is 0.0255. The summed E-state index contributed by atoms with van der Waals surface area (Å²) in [6.45, 7) is 6.96. The van der Waals surface area contributed by atoms with Gasteiger partial charge in [-0.3, -0.25) is 4.79 Å². The van der Waals surface area contributed by atoms with E-state index in [0.29, 0.717) is 25.9 Å². The zero-order chi connectivity index (χ0) is 16.5. The van der Waals surface area contributed by atoms with Gasteiger partial charge in [0.05, 0.1) is 0 Å². The van der Waals surface area contributed by atoms with Crippen LogP contribution in [0.2, 0.25) is 0 Å². The molecule has 6 nitrogen and oxygen atoms in total. The first-order chi connectivity index (χ1) is 10.1. The van der Waals surface area contributed by atoms with Crippen molar-refractivity contribution in [3.63, 3.8) is 0 Å². The number of amides is 1. The molecule has 7 heteroatoms. The molecule has 2 rings (SSSR count). The summed E-state index contributed by atoms with van der Waals surface area (Å²) < 4.78 is 26.9. The van der Waals surface area contributed by atoms with E-state index in [1.54, 1.807) is 14.1 Å². The largest absolute Gasteiger partial charge is 0.342 e. The molecule has 2 heterocycles. The predicted octanol–water partition coefficient (Wildman–Crippen LogP) is 1.15. The summed E-state index contributed by atoms with van der Waals surface area (Å²) >= 11 is 0. The van der Waals surface area contributed by atoms with Gasteiger partial charge in [0, 0.05) is 46.2 Å². The molecule has 0 N–H and O–H groups in total. The molecule has 0 atom stereocenters. The standard InChI is InChI=1S/C15H29N3O3S/c1-15(2)8-5-9-17(12-15)14(19)13-6-10-18(11-7-13)22(20,21)16(3)4/h13H,5-12H2,1-4H3. The Kier molecular flexibility index (Phi) is 5.19. The Morgan fingerprint density at radius 3 is 2.23 bits per heavy atom. The summed E-state index contributed by atoms with van der Waals surface area (Å²) in [6, 6.07) is 0. The molecule has 0 spiro atoms. The van der Waals surface area contributed by atoms with E-state index in [0.717, 1.165) is 25.9 Å². The van der Waals surface area contributed by atoms with Crippen LogP contribution < -0.4 is 0 Å². The van der Waals surface area contributed by atoms with Crippen LogP contribution in [0, 0.1) is 11.3 Å². The average Bonchev–Trinajstić information content (AvgIpc) is 2.45. The fraction of sp³-hybridized carbons (Fsp3) is 0.933. The summed E-state index contributed by atoms with van der Waals surface area (Å²) in [5.74, 6) is 0.192. The van der Waals surface area contributed by atoms with Gasteiger partial charge >= 0.3 is 0 Å². The van der Waals surface area contributed by atoms with Gasteiger partial charge in [0.15, 0.2) is 0 Å². The number of rotatable bonds is 3. The van der Waals surface area contributed by atoms with E-state index in [9.17, 15) is 13.2 Å². The lowest BCUT2D eigenvalue weighted by Gasteiger charge is -2.41. The highest BCUT2D eigenvalue weighted by atomic mass is 32.2. The second kappa shape index (κ2) is 6.45. The van der Waals surface area contributed by atoms with E-state index >= 15 is 0 Å². The topological polar surface area (TPSA) is 60.9 Å². The van der Waals surface area contributed by atoms with Crippen LogP contribution in [0.5, 0.6) is 0 Å². The number of nitrogens with zero attached hydrogens (tertiary/aromatic N) is 3. The molecule has 2 aliphatic heterocycles. The van der Waals surface area contributed by atoms with E-state index < -0.39 is 10.2 Å². The lowest BCUT2D eigenvalue weighted by atomic mass is 9.83. The molecule has 0 saturated carbocycles. The van der Waals surface area contributed by atoms with Crippen LogP contribution in [0.25, 0.3) is 0 Å². The number of carbonyl (C=O) groups excluding carboxylic acids is 1. The lowest BCUT2D eigenvalue weighted by molar-refractivity contribution is -0.139. The highest BCUT2D eigenvalue weighted by Gasteiger charge is 2.36. The molecule has 0 aromatic rings. The van der Waals surface area contributed by atoms with E-state index in [1.807, 2.05) is 4.90 Å². The Morgan fingerprint density at radius 2 is 1.73 bits per heavy atom. The summed E-state index contributed by atoms with van der Waals surface area (Å²) in [5.41, 5.74) is 0.197. The van der Waals surface area contributed by atoms with Crippen molar-refractivity contribution in [2.45, 2.75) is 39.5 Å². The normalized spacial score (nSPS) is 24.7. The van der Waals surface area contributed by atoms with Gasteiger partial charge in [-0.2, -0.15) is 17.0 Å². The summed E-state index contributed by atoms with van der Waals surface area (Å²) in [5, 5.41) is 0. The third-order valence-electron chi connectivity index (χ3n) is 4.80. The molecule has 2 saturated heterocycles. The molecular formula is C15H29N3O3S. The number of piperidine rings is 2. The molecule has 2 fully saturated rings. The van der Waals surface area contributed by atoms with Crippen LogP contribution in [0.1, 0.15) is 39.5 Å². The molecule has 0 aromatic heterocycles. The molecule has 0 aromatic carbocycles. The van der Waals surface area contributed by atoms with Crippen LogP contribution in [-0.4, -0.2) is 68.1 Å². The summed E-state index contributed by atoms with van der Waals surface area (Å²) in [6.07, 6.45) is 3.48. The zero-order valence-corrected chi connectivity index (χ0v) is 15.0. The minimum atomic E-state index is -3.35. The zero-order valence-electron chi connectivity index (χ0n) is 14.2. The molecular weight excluding hydrogens is 302 g/mol. The van der Waals surface area contributed by atoms with Crippen molar-refractivity contribution < 1.29 is 13.2 Å². The van der Waals surface area contributed by atoms with Crippen molar-refractivity contribution in [1.82, 2.24) is 13.5 Å². The van der Waals surface area contributed by atoms with Gasteiger partial charge in [-0.15, -0.1) is 0 Å². The first kappa shape index (κ1) is 17.7. The van der Waals surface area contributed by atoms with Gasteiger partial charge < -0.3 is 4.90 Å². The van der Waals surface area contributed by atoms with E-state index in [4.69, 9.17) is 0 Å². The average molecular weight is 331 g/mol. The Bertz CT molecular complexity index is 508. The highest BCUT2D eigenvalue weighted by molar-refractivity contribution is 7.86. The minimum Gasteiger partial charge on any atom is -0.342 e. The predicted molar refractivity (Wildman–Crippen MR) is 86.5 cm³/mol. The number of hydrogen-bond acceptors (Lipinski definition) is 3. The number of hydrogen-bond donors (Lipinski definition) is 0. The second-order valence-corrected chi connectivity index (χ2v) is 9.63. The van der Waals surface area contributed by atoms with Gasteiger partial charge in [-0.1, -0.05) is 13.8 Å². The first-order valence-electron chi connectivity index (χ1n) is 8.10. The van der Waals surface area contributed by atoms with Crippen molar-refractivity contribution in [3.05, 3.63) is 0 Å². The van der Waals surface area contributed by atoms with Gasteiger partial charge in [0.1, 0.15) is 0 Å². The van der Waals surface area contributed by atoms with Gasteiger partial charge in [0.25, 0.3) is 10.2 Å². The lowest BCUT2D eigenvalue weighted by Crippen LogP contribution is -2.50. The number of carbonyl (C=O) groups is 1. The molecule has 1 amide bonds. The highest BCUT2D eigenvalue weighted by Crippen LogP contribution is 2.31. The second-order valence-electron chi connectivity index (χ2n) is 7.49. The van der Waals surface area contributed by atoms with Crippen molar-refractivity contribution in [2.75, 3.05) is 40.3 Å². The molecule has 0 unspecified atom stereocenters. The maximum absolute atomic E-state index is 12.7. The van der Waals surface area contributed by atoms with Gasteiger partial charge in [-0.25, -0.2) is 0 Å². The maximum atomic E-state index is 12.7. The Labute approximate surface area is 134 Å². The molecule has 22 heavy (non-hydrogen) atoms. The maximum Gasteiger partial charge on any atom is 0.281 e. The van der Waals surface area contributed by atoms with Crippen molar-refractivity contribution in [3.8, 4) is 0 Å². The fourth-order valence-electron chi connectivity index (χ4n) is 3.43. The van der Waals surface area contributed by atoms with E-state index in [-0.39, 0.29) is 17.2 Å². The van der Waals surface area contributed by atoms with E-state index in [2.05, 4.69) is 13.8 Å². The monoisotopic (exact) mass is 331 g/mol. The van der Waals surface area contributed by atoms with Gasteiger partial charge in [0.2, 0.25) is 5.91 Å². The number of likely N-dealkylation sites (tertiary alicyclic amines) is 1. The Hall–Kier alpha value is -0.660.